The van der Waals surface area contributed by atoms with Gasteiger partial charge in [0.1, 0.15) is 30.4 Å². The van der Waals surface area contributed by atoms with E-state index in [1.54, 1.807) is 37.6 Å². The van der Waals surface area contributed by atoms with Gasteiger partial charge in [-0.25, -0.2) is 19.3 Å². The topological polar surface area (TPSA) is 84.9 Å². The van der Waals surface area contributed by atoms with Gasteiger partial charge in [0.05, 0.1) is 24.0 Å². The first-order valence-electron chi connectivity index (χ1n) is 8.72. The molecule has 0 aliphatic carbocycles. The molecule has 4 rings (SSSR count). The van der Waals surface area contributed by atoms with Gasteiger partial charge in [0.15, 0.2) is 11.5 Å². The molecule has 0 fully saturated rings. The molecule has 30 heavy (non-hydrogen) atoms. The highest BCUT2D eigenvalue weighted by Crippen LogP contribution is 2.35. The number of rotatable bonds is 6. The van der Waals surface area contributed by atoms with Crippen molar-refractivity contribution < 1.29 is 13.9 Å². The van der Waals surface area contributed by atoms with Gasteiger partial charge in [0.2, 0.25) is 0 Å². The van der Waals surface area contributed by atoms with E-state index < -0.39 is 5.82 Å². The summed E-state index contributed by atoms with van der Waals surface area (Å²) in [5, 5.41) is 3.95. The van der Waals surface area contributed by atoms with E-state index in [1.807, 2.05) is 6.92 Å². The number of hydrogen-bond acceptors (Lipinski definition) is 6. The molecule has 156 valence electrons. The molecule has 0 spiro atoms. The second-order valence-corrected chi connectivity index (χ2v) is 6.71. The summed E-state index contributed by atoms with van der Waals surface area (Å²) in [5.41, 5.74) is 1.75. The SMILES string of the molecule is COc1cc2c(Nc3ccc(Cl)cc3F)ncnc2cc1OCc1nc(C)c[nH]1.Cl. The number of aromatic nitrogens is 4. The van der Waals surface area contributed by atoms with Gasteiger partial charge in [-0.3, -0.25) is 0 Å². The molecule has 7 nitrogen and oxygen atoms in total. The summed E-state index contributed by atoms with van der Waals surface area (Å²) in [7, 11) is 1.54. The van der Waals surface area contributed by atoms with Gasteiger partial charge in [-0.15, -0.1) is 12.4 Å². The number of nitrogens with one attached hydrogen (secondary N) is 2. The molecule has 2 aromatic heterocycles. The van der Waals surface area contributed by atoms with Crippen LogP contribution in [0, 0.1) is 12.7 Å². The lowest BCUT2D eigenvalue weighted by Crippen LogP contribution is -2.02. The summed E-state index contributed by atoms with van der Waals surface area (Å²) < 4.78 is 25.5. The van der Waals surface area contributed by atoms with Gasteiger partial charge in [-0.1, -0.05) is 11.6 Å². The minimum absolute atomic E-state index is 0. The number of ether oxygens (including phenoxy) is 2. The Hall–Kier alpha value is -3.10. The van der Waals surface area contributed by atoms with Crippen LogP contribution in [0.3, 0.4) is 0 Å². The largest absolute Gasteiger partial charge is 0.493 e. The monoisotopic (exact) mass is 449 g/mol. The van der Waals surface area contributed by atoms with E-state index in [9.17, 15) is 4.39 Å². The highest BCUT2D eigenvalue weighted by molar-refractivity contribution is 6.30. The smallest absolute Gasteiger partial charge is 0.164 e. The molecular formula is C20H18Cl2FN5O2. The minimum Gasteiger partial charge on any atom is -0.493 e. The predicted molar refractivity (Wildman–Crippen MR) is 116 cm³/mol. The zero-order valence-corrected chi connectivity index (χ0v) is 17.6. The van der Waals surface area contributed by atoms with E-state index in [1.165, 1.54) is 12.4 Å². The maximum Gasteiger partial charge on any atom is 0.164 e. The summed E-state index contributed by atoms with van der Waals surface area (Å²) in [6.07, 6.45) is 3.20. The van der Waals surface area contributed by atoms with Gasteiger partial charge in [-0.05, 0) is 31.2 Å². The number of imidazole rings is 1. The van der Waals surface area contributed by atoms with Crippen molar-refractivity contribution in [3.05, 3.63) is 65.2 Å². The molecule has 2 aromatic carbocycles. The first-order valence-corrected chi connectivity index (χ1v) is 9.10. The lowest BCUT2D eigenvalue weighted by molar-refractivity contribution is 0.278. The van der Waals surface area contributed by atoms with Crippen molar-refractivity contribution >= 4 is 46.4 Å². The summed E-state index contributed by atoms with van der Waals surface area (Å²) in [5.74, 6) is 1.66. The van der Waals surface area contributed by atoms with Crippen molar-refractivity contribution in [1.82, 2.24) is 19.9 Å². The first-order chi connectivity index (χ1) is 14.0. The molecule has 0 amide bonds. The number of nitrogens with zero attached hydrogens (tertiary/aromatic N) is 3. The molecule has 2 heterocycles. The van der Waals surface area contributed by atoms with Crippen LogP contribution in [-0.4, -0.2) is 27.0 Å². The third-order valence-corrected chi connectivity index (χ3v) is 4.46. The van der Waals surface area contributed by atoms with Gasteiger partial charge >= 0.3 is 0 Å². The van der Waals surface area contributed by atoms with Crippen molar-refractivity contribution in [2.45, 2.75) is 13.5 Å². The lowest BCUT2D eigenvalue weighted by atomic mass is 10.2. The van der Waals surface area contributed by atoms with Crippen molar-refractivity contribution in [3.63, 3.8) is 0 Å². The van der Waals surface area contributed by atoms with E-state index in [4.69, 9.17) is 21.1 Å². The number of halogens is 3. The Morgan fingerprint density at radius 1 is 1.17 bits per heavy atom. The summed E-state index contributed by atoms with van der Waals surface area (Å²) in [6, 6.07) is 7.87. The van der Waals surface area contributed by atoms with E-state index >= 15 is 0 Å². The Balaban J connectivity index is 0.00000256. The molecular weight excluding hydrogens is 432 g/mol. The first kappa shape index (κ1) is 21.6. The molecule has 0 aliphatic heterocycles. The Morgan fingerprint density at radius 2 is 2.00 bits per heavy atom. The molecule has 0 aliphatic rings. The standard InChI is InChI=1S/C20H17ClFN5O2.ClH/c1-11-8-23-19(26-11)9-29-18-7-16-13(6-17(18)28-2)20(25-10-24-16)27-15-4-3-12(21)5-14(15)22;/h3-8,10H,9H2,1-2H3,(H,23,26)(H,24,25,27);1H. The van der Waals surface area contributed by atoms with Gasteiger partial charge < -0.3 is 19.8 Å². The average molecular weight is 450 g/mol. The summed E-state index contributed by atoms with van der Waals surface area (Å²) in [6.45, 7) is 2.15. The molecule has 10 heteroatoms. The third kappa shape index (κ3) is 4.55. The number of benzene rings is 2. The Bertz CT molecular complexity index is 1190. The number of aromatic amines is 1. The average Bonchev–Trinajstić information content (AvgIpc) is 3.13. The van der Waals surface area contributed by atoms with Crippen LogP contribution in [0.25, 0.3) is 10.9 Å². The van der Waals surface area contributed by atoms with E-state index in [0.717, 1.165) is 5.69 Å². The van der Waals surface area contributed by atoms with Crippen LogP contribution in [0.15, 0.2) is 42.9 Å². The third-order valence-electron chi connectivity index (χ3n) is 4.23. The maximum absolute atomic E-state index is 14.2. The Labute approximate surface area is 183 Å². The summed E-state index contributed by atoms with van der Waals surface area (Å²) in [4.78, 5) is 15.9. The van der Waals surface area contributed by atoms with Crippen molar-refractivity contribution in [2.24, 2.45) is 0 Å². The maximum atomic E-state index is 14.2. The quantitative estimate of drug-likeness (QED) is 0.420. The normalized spacial score (nSPS) is 10.5. The van der Waals surface area contributed by atoms with Gasteiger partial charge in [0, 0.05) is 22.7 Å². The minimum atomic E-state index is -0.482. The highest BCUT2D eigenvalue weighted by Gasteiger charge is 2.14. The fourth-order valence-corrected chi connectivity index (χ4v) is 3.00. The van der Waals surface area contributed by atoms with Crippen LogP contribution < -0.4 is 14.8 Å². The van der Waals surface area contributed by atoms with Crippen LogP contribution in [0.1, 0.15) is 11.5 Å². The van der Waals surface area contributed by atoms with E-state index in [2.05, 4.69) is 25.3 Å². The molecule has 0 saturated heterocycles. The van der Waals surface area contributed by atoms with Crippen LogP contribution in [0.5, 0.6) is 11.5 Å². The van der Waals surface area contributed by atoms with Gasteiger partial charge in [-0.2, -0.15) is 0 Å². The molecule has 4 aromatic rings. The molecule has 0 atom stereocenters. The predicted octanol–water partition coefficient (Wildman–Crippen LogP) is 5.21. The number of anilines is 2. The lowest BCUT2D eigenvalue weighted by Gasteiger charge is -2.13. The van der Waals surface area contributed by atoms with Crippen molar-refractivity contribution in [3.8, 4) is 11.5 Å². The number of hydrogen-bond donors (Lipinski definition) is 2. The molecule has 0 unspecified atom stereocenters. The second-order valence-electron chi connectivity index (χ2n) is 6.27. The summed E-state index contributed by atoms with van der Waals surface area (Å²) >= 11 is 5.82. The van der Waals surface area contributed by atoms with Crippen LogP contribution >= 0.6 is 24.0 Å². The number of H-pyrrole nitrogens is 1. The van der Waals surface area contributed by atoms with E-state index in [0.29, 0.717) is 39.1 Å². The fourth-order valence-electron chi connectivity index (χ4n) is 2.84. The fraction of sp³-hybridized carbons (Fsp3) is 0.150. The second kappa shape index (κ2) is 9.15. The molecule has 0 saturated carbocycles. The van der Waals surface area contributed by atoms with Crippen LogP contribution in [0.2, 0.25) is 5.02 Å². The Morgan fingerprint density at radius 3 is 2.70 bits per heavy atom. The molecule has 0 radical (unpaired) electrons. The molecule has 2 N–H and O–H groups in total. The number of methoxy groups -OCH3 is 1. The zero-order valence-electron chi connectivity index (χ0n) is 16.1. The van der Waals surface area contributed by atoms with Crippen LogP contribution in [-0.2, 0) is 6.61 Å². The number of aryl methyl sites for hydroxylation is 1. The molecule has 0 bridgehead atoms. The zero-order chi connectivity index (χ0) is 20.4. The van der Waals surface area contributed by atoms with Crippen LogP contribution in [0.4, 0.5) is 15.9 Å². The van der Waals surface area contributed by atoms with Gasteiger partial charge in [0.25, 0.3) is 0 Å². The Kier molecular flexibility index (Phi) is 6.59. The number of fused-ring (bicyclic) bond motifs is 1. The van der Waals surface area contributed by atoms with Crippen molar-refractivity contribution in [2.75, 3.05) is 12.4 Å². The van der Waals surface area contributed by atoms with E-state index in [-0.39, 0.29) is 24.7 Å². The highest BCUT2D eigenvalue weighted by atomic mass is 35.5. The van der Waals surface area contributed by atoms with Crippen molar-refractivity contribution in [1.29, 1.82) is 0 Å².